The average Bonchev–Trinajstić information content (AvgIpc) is 3.36. The molecule has 70 heavy (non-hydrogen) atoms. The van der Waals surface area contributed by atoms with Gasteiger partial charge in [0.2, 0.25) is 0 Å². The molecule has 0 radical (unpaired) electrons. The molecule has 0 spiro atoms. The summed E-state index contributed by atoms with van der Waals surface area (Å²) < 4.78 is 16.8. The van der Waals surface area contributed by atoms with Crippen molar-refractivity contribution in [2.75, 3.05) is 13.2 Å². The maximum absolute atomic E-state index is 12.8. The second kappa shape index (κ2) is 58.7. The summed E-state index contributed by atoms with van der Waals surface area (Å²) in [5.74, 6) is -0.919. The summed E-state index contributed by atoms with van der Waals surface area (Å²) in [5.41, 5.74) is 0. The Labute approximate surface area is 434 Å². The second-order valence-corrected chi connectivity index (χ2v) is 20.2. The molecule has 1 atom stereocenters. The van der Waals surface area contributed by atoms with Crippen LogP contribution < -0.4 is 0 Å². The maximum atomic E-state index is 12.8. The van der Waals surface area contributed by atoms with Gasteiger partial charge in [-0.05, 0) is 96.3 Å². The van der Waals surface area contributed by atoms with Crippen molar-refractivity contribution in [1.82, 2.24) is 0 Å². The van der Waals surface area contributed by atoms with Gasteiger partial charge in [-0.3, -0.25) is 14.4 Å². The molecule has 0 saturated carbocycles. The minimum Gasteiger partial charge on any atom is -0.462 e. The first-order valence-corrected chi connectivity index (χ1v) is 30.3. The van der Waals surface area contributed by atoms with E-state index < -0.39 is 6.10 Å². The summed E-state index contributed by atoms with van der Waals surface area (Å²) >= 11 is 0. The van der Waals surface area contributed by atoms with Crippen molar-refractivity contribution < 1.29 is 28.6 Å². The van der Waals surface area contributed by atoms with Crippen LogP contribution in [-0.4, -0.2) is 37.2 Å². The van der Waals surface area contributed by atoms with E-state index in [0.29, 0.717) is 19.3 Å². The van der Waals surface area contributed by atoms with E-state index in [2.05, 4.69) is 81.5 Å². The standard InChI is InChI=1S/C64H114O6/c1-4-7-10-13-16-19-22-24-25-26-27-28-29-30-31-32-33-34-35-36-37-38-39-41-42-45-48-51-54-57-63(66)69-60-61(59-68-62(65)56-53-50-47-44-21-18-15-12-9-6-3)70-64(67)58-55-52-49-46-43-40-23-20-17-14-11-8-5-2/h8,11-12,15,17,20,26-27,40,43,61H,4-7,9-10,13-14,16,18-19,21-25,28-39,41-42,44-60H2,1-3H3/b11-8-,15-12-,20-17-,27-26-,43-40-. The van der Waals surface area contributed by atoms with Gasteiger partial charge in [0.15, 0.2) is 6.10 Å². The summed E-state index contributed by atoms with van der Waals surface area (Å²) in [6.07, 6.45) is 74.0. The summed E-state index contributed by atoms with van der Waals surface area (Å²) in [4.78, 5) is 38.0. The van der Waals surface area contributed by atoms with E-state index in [4.69, 9.17) is 14.2 Å². The Morgan fingerprint density at radius 1 is 0.300 bits per heavy atom. The Morgan fingerprint density at radius 3 is 0.957 bits per heavy atom. The molecule has 0 aromatic heterocycles. The topological polar surface area (TPSA) is 78.9 Å². The van der Waals surface area contributed by atoms with E-state index in [9.17, 15) is 14.4 Å². The number of unbranched alkanes of at least 4 members (excludes halogenated alkanes) is 34. The Kier molecular flexibility index (Phi) is 56.3. The first-order valence-electron chi connectivity index (χ1n) is 30.3. The molecule has 0 aromatic rings. The van der Waals surface area contributed by atoms with E-state index >= 15 is 0 Å². The molecule has 0 aromatic carbocycles. The molecular formula is C64H114O6. The first-order chi connectivity index (χ1) is 34.5. The van der Waals surface area contributed by atoms with E-state index in [1.54, 1.807) is 0 Å². The van der Waals surface area contributed by atoms with Crippen molar-refractivity contribution in [1.29, 1.82) is 0 Å². The van der Waals surface area contributed by atoms with Gasteiger partial charge in [0.25, 0.3) is 0 Å². The largest absolute Gasteiger partial charge is 0.462 e. The Bertz CT molecular complexity index is 1260. The first kappa shape index (κ1) is 67.1. The minimum absolute atomic E-state index is 0.0869. The van der Waals surface area contributed by atoms with Gasteiger partial charge in [-0.15, -0.1) is 0 Å². The number of ether oxygens (including phenoxy) is 3. The van der Waals surface area contributed by atoms with Crippen molar-refractivity contribution >= 4 is 17.9 Å². The number of allylic oxidation sites excluding steroid dienone is 10. The fourth-order valence-corrected chi connectivity index (χ4v) is 8.69. The van der Waals surface area contributed by atoms with Crippen LogP contribution in [0.3, 0.4) is 0 Å². The zero-order chi connectivity index (χ0) is 50.7. The summed E-state index contributed by atoms with van der Waals surface area (Å²) in [7, 11) is 0. The number of hydrogen-bond acceptors (Lipinski definition) is 6. The molecule has 0 rings (SSSR count). The van der Waals surface area contributed by atoms with Crippen LogP contribution in [0, 0.1) is 0 Å². The van der Waals surface area contributed by atoms with Crippen molar-refractivity contribution in [2.24, 2.45) is 0 Å². The molecule has 0 aliphatic carbocycles. The molecule has 0 N–H and O–H groups in total. The van der Waals surface area contributed by atoms with E-state index in [-0.39, 0.29) is 31.1 Å². The molecule has 0 amide bonds. The molecule has 0 heterocycles. The summed E-state index contributed by atoms with van der Waals surface area (Å²) in [5, 5.41) is 0. The zero-order valence-corrected chi connectivity index (χ0v) is 46.5. The van der Waals surface area contributed by atoms with Gasteiger partial charge in [-0.2, -0.15) is 0 Å². The van der Waals surface area contributed by atoms with Crippen LogP contribution in [-0.2, 0) is 28.6 Å². The summed E-state index contributed by atoms with van der Waals surface area (Å²) in [6, 6.07) is 0. The third-order valence-corrected chi connectivity index (χ3v) is 13.2. The highest BCUT2D eigenvalue weighted by molar-refractivity contribution is 5.71. The number of carbonyl (C=O) groups is 3. The molecule has 406 valence electrons. The molecule has 1 unspecified atom stereocenters. The van der Waals surface area contributed by atoms with Crippen molar-refractivity contribution in [2.45, 2.75) is 316 Å². The zero-order valence-electron chi connectivity index (χ0n) is 46.5. The van der Waals surface area contributed by atoms with Crippen LogP contribution >= 0.6 is 0 Å². The van der Waals surface area contributed by atoms with Crippen LogP contribution in [0.25, 0.3) is 0 Å². The van der Waals surface area contributed by atoms with Crippen LogP contribution in [0.2, 0.25) is 0 Å². The lowest BCUT2D eigenvalue weighted by molar-refractivity contribution is -0.167. The third-order valence-electron chi connectivity index (χ3n) is 13.2. The lowest BCUT2D eigenvalue weighted by Gasteiger charge is -2.18. The minimum atomic E-state index is -0.790. The normalized spacial score (nSPS) is 12.4. The third kappa shape index (κ3) is 56.0. The molecule has 0 saturated heterocycles. The van der Waals surface area contributed by atoms with Gasteiger partial charge in [-0.25, -0.2) is 0 Å². The lowest BCUT2D eigenvalue weighted by Crippen LogP contribution is -2.30. The molecule has 0 aliphatic rings. The SMILES string of the molecule is CC/C=C\C/C=C\C/C=C\CCCCCC(=O)OC(COC(=O)CCCCCCC/C=C\CCC)COC(=O)CCCCCCCCCCCCCCCCCCC/C=C\CCCCCCCCCC. The van der Waals surface area contributed by atoms with Gasteiger partial charge in [0.1, 0.15) is 13.2 Å². The van der Waals surface area contributed by atoms with Gasteiger partial charge in [-0.1, -0.05) is 255 Å². The Hall–Kier alpha value is -2.89. The predicted molar refractivity (Wildman–Crippen MR) is 302 cm³/mol. The fourth-order valence-electron chi connectivity index (χ4n) is 8.69. The molecule has 6 heteroatoms. The van der Waals surface area contributed by atoms with Gasteiger partial charge < -0.3 is 14.2 Å². The summed E-state index contributed by atoms with van der Waals surface area (Å²) in [6.45, 7) is 6.45. The number of rotatable bonds is 55. The number of carbonyl (C=O) groups excluding carboxylic acids is 3. The van der Waals surface area contributed by atoms with Crippen LogP contribution in [0.4, 0.5) is 0 Å². The van der Waals surface area contributed by atoms with Crippen LogP contribution in [0.1, 0.15) is 310 Å². The van der Waals surface area contributed by atoms with Crippen molar-refractivity contribution in [3.63, 3.8) is 0 Å². The van der Waals surface area contributed by atoms with E-state index in [1.165, 1.54) is 173 Å². The molecule has 0 fully saturated rings. The lowest BCUT2D eigenvalue weighted by atomic mass is 10.0. The Morgan fingerprint density at radius 2 is 0.586 bits per heavy atom. The van der Waals surface area contributed by atoms with Crippen molar-refractivity contribution in [3.05, 3.63) is 60.8 Å². The highest BCUT2D eigenvalue weighted by atomic mass is 16.6. The van der Waals surface area contributed by atoms with Crippen molar-refractivity contribution in [3.8, 4) is 0 Å². The van der Waals surface area contributed by atoms with E-state index in [0.717, 1.165) is 96.3 Å². The quantitative estimate of drug-likeness (QED) is 0.0261. The number of hydrogen-bond donors (Lipinski definition) is 0. The second-order valence-electron chi connectivity index (χ2n) is 20.2. The van der Waals surface area contributed by atoms with Crippen LogP contribution in [0.15, 0.2) is 60.8 Å². The monoisotopic (exact) mass is 979 g/mol. The predicted octanol–water partition coefficient (Wildman–Crippen LogP) is 20.4. The van der Waals surface area contributed by atoms with Gasteiger partial charge in [0, 0.05) is 19.3 Å². The van der Waals surface area contributed by atoms with Gasteiger partial charge >= 0.3 is 17.9 Å². The highest BCUT2D eigenvalue weighted by Crippen LogP contribution is 2.17. The van der Waals surface area contributed by atoms with E-state index in [1.807, 2.05) is 0 Å². The molecular weight excluding hydrogens is 865 g/mol. The number of esters is 3. The molecule has 0 aliphatic heterocycles. The van der Waals surface area contributed by atoms with Gasteiger partial charge in [0.05, 0.1) is 0 Å². The highest BCUT2D eigenvalue weighted by Gasteiger charge is 2.19. The molecule has 6 nitrogen and oxygen atoms in total. The average molecular weight is 980 g/mol. The smallest absolute Gasteiger partial charge is 0.306 e. The Balaban J connectivity index is 4.11. The molecule has 0 bridgehead atoms. The maximum Gasteiger partial charge on any atom is 0.306 e. The van der Waals surface area contributed by atoms with Crippen LogP contribution in [0.5, 0.6) is 0 Å². The fraction of sp³-hybridized carbons (Fsp3) is 0.797.